The summed E-state index contributed by atoms with van der Waals surface area (Å²) in [4.78, 5) is 19.9. The van der Waals surface area contributed by atoms with Crippen LogP contribution in [-0.4, -0.2) is 43.6 Å². The summed E-state index contributed by atoms with van der Waals surface area (Å²) in [5.74, 6) is 0.926. The van der Waals surface area contributed by atoms with Crippen molar-refractivity contribution >= 4 is 63.2 Å². The second kappa shape index (κ2) is 9.83. The van der Waals surface area contributed by atoms with Crippen LogP contribution >= 0.6 is 51.2 Å². The maximum Gasteiger partial charge on any atom is 0.310 e. The number of aliphatic imine (C=N–C) groups is 1. The quantitative estimate of drug-likeness (QED) is 0.289. The van der Waals surface area contributed by atoms with Crippen LogP contribution in [0, 0.1) is 11.8 Å². The van der Waals surface area contributed by atoms with Crippen molar-refractivity contribution in [1.29, 1.82) is 0 Å². The van der Waals surface area contributed by atoms with Gasteiger partial charge in [-0.05, 0) is 34.8 Å². The number of carbonyl (C=O) groups excluding carboxylic acids is 1. The minimum Gasteiger partial charge on any atom is -0.469 e. The lowest BCUT2D eigenvalue weighted by Crippen LogP contribution is -2.40. The number of ether oxygens (including phenoxy) is 1. The molecule has 1 aromatic heterocycles. The zero-order chi connectivity index (χ0) is 16.1. The number of esters is 1. The molecular weight excluding hydrogens is 493 g/mol. The van der Waals surface area contributed by atoms with Gasteiger partial charge in [-0.3, -0.25) is 4.79 Å². The molecule has 0 spiro atoms. The number of likely N-dealkylation sites (tertiary alicyclic amines) is 1. The van der Waals surface area contributed by atoms with Gasteiger partial charge in [0.25, 0.3) is 0 Å². The van der Waals surface area contributed by atoms with Crippen LogP contribution in [0.4, 0.5) is 0 Å². The first-order chi connectivity index (χ1) is 10.5. The average Bonchev–Trinajstić information content (AvgIpc) is 3.08. The molecule has 1 aliphatic rings. The first kappa shape index (κ1) is 20.7. The number of hydrogen-bond donors (Lipinski definition) is 1. The molecule has 0 aliphatic carbocycles. The van der Waals surface area contributed by atoms with Gasteiger partial charge in [0.2, 0.25) is 0 Å². The molecule has 0 bridgehead atoms. The van der Waals surface area contributed by atoms with Crippen molar-refractivity contribution in [3.8, 4) is 0 Å². The SMILES string of the molecule is CCNC(=NCc1cc(Br)cs1)N1CC(C)C(C(=O)OC)C1.I. The van der Waals surface area contributed by atoms with Crippen molar-refractivity contribution in [2.75, 3.05) is 26.7 Å². The highest BCUT2D eigenvalue weighted by atomic mass is 127. The normalized spacial score (nSPS) is 21.0. The first-order valence-corrected chi connectivity index (χ1v) is 9.06. The largest absolute Gasteiger partial charge is 0.469 e. The number of nitrogens with zero attached hydrogens (tertiary/aromatic N) is 2. The molecule has 2 rings (SSSR count). The van der Waals surface area contributed by atoms with Crippen molar-refractivity contribution in [3.05, 3.63) is 20.8 Å². The van der Waals surface area contributed by atoms with E-state index in [0.29, 0.717) is 13.1 Å². The molecule has 1 aliphatic heterocycles. The van der Waals surface area contributed by atoms with E-state index in [9.17, 15) is 4.79 Å². The Labute approximate surface area is 167 Å². The van der Waals surface area contributed by atoms with Gasteiger partial charge in [-0.2, -0.15) is 0 Å². The summed E-state index contributed by atoms with van der Waals surface area (Å²) in [6.07, 6.45) is 0. The zero-order valence-corrected chi connectivity index (χ0v) is 18.3. The number of guanidine groups is 1. The Morgan fingerprint density at radius 2 is 2.30 bits per heavy atom. The minimum atomic E-state index is -0.131. The second-order valence-corrected chi connectivity index (χ2v) is 7.32. The summed E-state index contributed by atoms with van der Waals surface area (Å²) in [6.45, 7) is 7.07. The predicted molar refractivity (Wildman–Crippen MR) is 108 cm³/mol. The van der Waals surface area contributed by atoms with E-state index >= 15 is 0 Å². The third-order valence-electron chi connectivity index (χ3n) is 3.76. The number of thiophene rings is 1. The minimum absolute atomic E-state index is 0. The first-order valence-electron chi connectivity index (χ1n) is 7.39. The molecule has 0 saturated carbocycles. The summed E-state index contributed by atoms with van der Waals surface area (Å²) >= 11 is 5.15. The number of halogens is 2. The van der Waals surface area contributed by atoms with Crippen molar-refractivity contribution in [2.24, 2.45) is 16.8 Å². The van der Waals surface area contributed by atoms with Gasteiger partial charge in [-0.25, -0.2) is 4.99 Å². The number of nitrogens with one attached hydrogen (secondary N) is 1. The van der Waals surface area contributed by atoms with Gasteiger partial charge >= 0.3 is 5.97 Å². The average molecular weight is 516 g/mol. The Balaban J connectivity index is 0.00000264. The van der Waals surface area contributed by atoms with Crippen molar-refractivity contribution in [1.82, 2.24) is 10.2 Å². The summed E-state index contributed by atoms with van der Waals surface area (Å²) in [6, 6.07) is 2.08. The lowest BCUT2D eigenvalue weighted by molar-refractivity contribution is -0.145. The molecule has 2 atom stereocenters. The van der Waals surface area contributed by atoms with E-state index in [4.69, 9.17) is 9.73 Å². The van der Waals surface area contributed by atoms with Crippen LogP contribution in [0.3, 0.4) is 0 Å². The molecule has 8 heteroatoms. The number of hydrogen-bond acceptors (Lipinski definition) is 4. The molecule has 1 aromatic rings. The maximum atomic E-state index is 11.8. The molecule has 130 valence electrons. The molecule has 1 saturated heterocycles. The van der Waals surface area contributed by atoms with Crippen molar-refractivity contribution < 1.29 is 9.53 Å². The monoisotopic (exact) mass is 515 g/mol. The van der Waals surface area contributed by atoms with Crippen molar-refractivity contribution in [2.45, 2.75) is 20.4 Å². The summed E-state index contributed by atoms with van der Waals surface area (Å²) < 4.78 is 5.99. The maximum absolute atomic E-state index is 11.8. The van der Waals surface area contributed by atoms with Gasteiger partial charge < -0.3 is 15.0 Å². The van der Waals surface area contributed by atoms with Crippen LogP contribution in [0.1, 0.15) is 18.7 Å². The van der Waals surface area contributed by atoms with E-state index in [1.54, 1.807) is 11.3 Å². The molecule has 0 aromatic carbocycles. The third-order valence-corrected chi connectivity index (χ3v) is 5.44. The molecule has 0 radical (unpaired) electrons. The van der Waals surface area contributed by atoms with Crippen LogP contribution in [0.5, 0.6) is 0 Å². The Morgan fingerprint density at radius 3 is 2.87 bits per heavy atom. The Kier molecular flexibility index (Phi) is 8.84. The fourth-order valence-corrected chi connectivity index (χ4v) is 3.99. The number of methoxy groups -OCH3 is 1. The van der Waals surface area contributed by atoms with Gasteiger partial charge in [-0.1, -0.05) is 6.92 Å². The zero-order valence-electron chi connectivity index (χ0n) is 13.5. The molecular formula is C15H23BrIN3O2S. The summed E-state index contributed by atoms with van der Waals surface area (Å²) in [7, 11) is 1.45. The smallest absolute Gasteiger partial charge is 0.310 e. The van der Waals surface area contributed by atoms with Gasteiger partial charge in [0.05, 0.1) is 19.6 Å². The lowest BCUT2D eigenvalue weighted by atomic mass is 9.99. The van der Waals surface area contributed by atoms with Gasteiger partial charge in [0.1, 0.15) is 0 Å². The van der Waals surface area contributed by atoms with Crippen LogP contribution in [-0.2, 0) is 16.1 Å². The molecule has 2 heterocycles. The predicted octanol–water partition coefficient (Wildman–Crippen LogP) is 3.34. The lowest BCUT2D eigenvalue weighted by Gasteiger charge is -2.21. The Morgan fingerprint density at radius 1 is 1.57 bits per heavy atom. The van der Waals surface area contributed by atoms with Gasteiger partial charge in [0.15, 0.2) is 5.96 Å². The van der Waals surface area contributed by atoms with Crippen LogP contribution in [0.15, 0.2) is 20.9 Å². The Bertz CT molecular complexity index is 553. The topological polar surface area (TPSA) is 53.9 Å². The third kappa shape index (κ3) is 5.60. The van der Waals surface area contributed by atoms with Crippen LogP contribution in [0.2, 0.25) is 0 Å². The molecule has 2 unspecified atom stereocenters. The molecule has 1 fully saturated rings. The van der Waals surface area contributed by atoms with E-state index < -0.39 is 0 Å². The highest BCUT2D eigenvalue weighted by molar-refractivity contribution is 14.0. The van der Waals surface area contributed by atoms with Gasteiger partial charge in [-0.15, -0.1) is 35.3 Å². The molecule has 5 nitrogen and oxygen atoms in total. The second-order valence-electron chi connectivity index (χ2n) is 5.41. The molecule has 1 N–H and O–H groups in total. The van der Waals surface area contributed by atoms with E-state index in [1.165, 1.54) is 12.0 Å². The fourth-order valence-electron chi connectivity index (χ4n) is 2.61. The number of rotatable bonds is 4. The highest BCUT2D eigenvalue weighted by Crippen LogP contribution is 2.25. The number of carbonyl (C=O) groups is 1. The Hall–Kier alpha value is -0.350. The van der Waals surface area contributed by atoms with Crippen LogP contribution in [0.25, 0.3) is 0 Å². The van der Waals surface area contributed by atoms with E-state index in [0.717, 1.165) is 23.5 Å². The molecule has 23 heavy (non-hydrogen) atoms. The van der Waals surface area contributed by atoms with E-state index in [1.807, 2.05) is 0 Å². The van der Waals surface area contributed by atoms with Crippen molar-refractivity contribution in [3.63, 3.8) is 0 Å². The van der Waals surface area contributed by atoms with E-state index in [-0.39, 0.29) is 41.8 Å². The van der Waals surface area contributed by atoms with Gasteiger partial charge in [0, 0.05) is 34.4 Å². The highest BCUT2D eigenvalue weighted by Gasteiger charge is 2.36. The van der Waals surface area contributed by atoms with Crippen LogP contribution < -0.4 is 5.32 Å². The standard InChI is InChI=1S/C15H22BrN3O2S.HI/c1-4-17-15(18-6-12-5-11(16)9-22-12)19-7-10(2)13(8-19)14(20)21-3;/h5,9-10,13H,4,6-8H2,1-3H3,(H,17,18);1H. The summed E-state index contributed by atoms with van der Waals surface area (Å²) in [5, 5.41) is 5.37. The van der Waals surface area contributed by atoms with E-state index in [2.05, 4.69) is 51.4 Å². The fraction of sp³-hybridized carbons (Fsp3) is 0.600. The summed E-state index contributed by atoms with van der Waals surface area (Å²) in [5.41, 5.74) is 0. The molecule has 0 amide bonds.